The maximum Gasteiger partial charge on any atom is 0.411 e. The molecule has 0 bridgehead atoms. The fourth-order valence-corrected chi connectivity index (χ4v) is 1.17. The SMILES string of the molecule is FC(F)(F)COCCNCCCCCCl. The van der Waals surface area contributed by atoms with Crippen molar-refractivity contribution in [3.8, 4) is 0 Å². The molecule has 0 unspecified atom stereocenters. The predicted molar refractivity (Wildman–Crippen MR) is 54.3 cm³/mol. The largest absolute Gasteiger partial charge is 0.411 e. The molecule has 92 valence electrons. The maximum atomic E-state index is 11.6. The Morgan fingerprint density at radius 3 is 2.40 bits per heavy atom. The van der Waals surface area contributed by atoms with Crippen LogP contribution in [0.2, 0.25) is 0 Å². The molecule has 0 fully saturated rings. The lowest BCUT2D eigenvalue weighted by atomic mass is 10.2. The van der Waals surface area contributed by atoms with Crippen molar-refractivity contribution in [2.75, 3.05) is 32.2 Å². The zero-order valence-electron chi connectivity index (χ0n) is 8.58. The molecule has 1 N–H and O–H groups in total. The first-order chi connectivity index (χ1) is 7.06. The highest BCUT2D eigenvalue weighted by atomic mass is 35.5. The number of alkyl halides is 4. The van der Waals surface area contributed by atoms with Gasteiger partial charge in [0.1, 0.15) is 6.61 Å². The van der Waals surface area contributed by atoms with Gasteiger partial charge in [0.15, 0.2) is 0 Å². The van der Waals surface area contributed by atoms with Crippen molar-refractivity contribution in [1.82, 2.24) is 5.32 Å². The van der Waals surface area contributed by atoms with Crippen molar-refractivity contribution in [2.24, 2.45) is 0 Å². The van der Waals surface area contributed by atoms with Crippen molar-refractivity contribution >= 4 is 11.6 Å². The lowest BCUT2D eigenvalue weighted by Gasteiger charge is -2.08. The average molecular weight is 248 g/mol. The van der Waals surface area contributed by atoms with Gasteiger partial charge in [-0.25, -0.2) is 0 Å². The fourth-order valence-electron chi connectivity index (χ4n) is 0.979. The summed E-state index contributed by atoms with van der Waals surface area (Å²) in [6.45, 7) is 0.180. The Bertz CT molecular complexity index is 144. The van der Waals surface area contributed by atoms with Gasteiger partial charge in [0.05, 0.1) is 6.61 Å². The molecule has 0 aromatic heterocycles. The van der Waals surface area contributed by atoms with Crippen LogP contribution in [0.25, 0.3) is 0 Å². The second kappa shape index (κ2) is 9.24. The molecule has 2 nitrogen and oxygen atoms in total. The summed E-state index contributed by atoms with van der Waals surface area (Å²) in [4.78, 5) is 0. The van der Waals surface area contributed by atoms with E-state index in [0.717, 1.165) is 25.8 Å². The highest BCUT2D eigenvalue weighted by Gasteiger charge is 2.26. The quantitative estimate of drug-likeness (QED) is 0.500. The Labute approximate surface area is 93.1 Å². The molecule has 0 heterocycles. The minimum atomic E-state index is -4.22. The molecule has 6 heteroatoms. The van der Waals surface area contributed by atoms with Gasteiger partial charge >= 0.3 is 6.18 Å². The number of hydrogen-bond acceptors (Lipinski definition) is 2. The van der Waals surface area contributed by atoms with Gasteiger partial charge in [-0.1, -0.05) is 6.42 Å². The molecule has 0 aliphatic carbocycles. The van der Waals surface area contributed by atoms with Crippen molar-refractivity contribution in [1.29, 1.82) is 0 Å². The first-order valence-electron chi connectivity index (χ1n) is 4.97. The number of halogens is 4. The van der Waals surface area contributed by atoms with Gasteiger partial charge in [0.2, 0.25) is 0 Å². The molecule has 15 heavy (non-hydrogen) atoms. The van der Waals surface area contributed by atoms with Crippen molar-refractivity contribution in [3.05, 3.63) is 0 Å². The van der Waals surface area contributed by atoms with E-state index >= 15 is 0 Å². The Morgan fingerprint density at radius 1 is 1.07 bits per heavy atom. The zero-order chi connectivity index (χ0) is 11.6. The van der Waals surface area contributed by atoms with Crippen molar-refractivity contribution < 1.29 is 17.9 Å². The van der Waals surface area contributed by atoms with Gasteiger partial charge in [-0.05, 0) is 19.4 Å². The van der Waals surface area contributed by atoms with E-state index in [4.69, 9.17) is 11.6 Å². The standard InChI is InChI=1S/C9H17ClF3NO/c10-4-2-1-3-5-14-6-7-15-8-9(11,12)13/h14H,1-8H2. The Morgan fingerprint density at radius 2 is 1.80 bits per heavy atom. The van der Waals surface area contributed by atoms with E-state index in [2.05, 4.69) is 10.1 Å². The minimum absolute atomic E-state index is 0.0923. The lowest BCUT2D eigenvalue weighted by Crippen LogP contribution is -2.24. The van der Waals surface area contributed by atoms with Gasteiger partial charge in [0, 0.05) is 12.4 Å². The van der Waals surface area contributed by atoms with E-state index < -0.39 is 12.8 Å². The van der Waals surface area contributed by atoms with E-state index in [1.807, 2.05) is 0 Å². The van der Waals surface area contributed by atoms with Crippen LogP contribution in [0.3, 0.4) is 0 Å². The second-order valence-electron chi connectivity index (χ2n) is 3.17. The molecule has 0 aromatic rings. The molecular formula is C9H17ClF3NO. The molecule has 0 radical (unpaired) electrons. The predicted octanol–water partition coefficient (Wildman–Crippen LogP) is 2.56. The van der Waals surface area contributed by atoms with E-state index in [0.29, 0.717) is 12.4 Å². The van der Waals surface area contributed by atoms with Crippen LogP contribution in [-0.2, 0) is 4.74 Å². The first-order valence-corrected chi connectivity index (χ1v) is 5.51. The highest BCUT2D eigenvalue weighted by Crippen LogP contribution is 2.13. The van der Waals surface area contributed by atoms with Crippen LogP contribution >= 0.6 is 11.6 Å². The van der Waals surface area contributed by atoms with Crippen molar-refractivity contribution in [2.45, 2.75) is 25.4 Å². The molecule has 0 aliphatic rings. The summed E-state index contributed by atoms with van der Waals surface area (Å²) in [6, 6.07) is 0. The number of unbranched alkanes of at least 4 members (excludes halogenated alkanes) is 2. The zero-order valence-corrected chi connectivity index (χ0v) is 9.33. The second-order valence-corrected chi connectivity index (χ2v) is 3.55. The van der Waals surface area contributed by atoms with E-state index in [9.17, 15) is 13.2 Å². The monoisotopic (exact) mass is 247 g/mol. The van der Waals surface area contributed by atoms with Gasteiger partial charge < -0.3 is 10.1 Å². The van der Waals surface area contributed by atoms with Crippen LogP contribution in [0.1, 0.15) is 19.3 Å². The Balaban J connectivity index is 2.99. The molecule has 0 saturated heterocycles. The van der Waals surface area contributed by atoms with E-state index in [1.54, 1.807) is 0 Å². The summed E-state index contributed by atoms with van der Waals surface area (Å²) in [5.41, 5.74) is 0. The Kier molecular flexibility index (Phi) is 9.24. The number of nitrogens with one attached hydrogen (secondary N) is 1. The molecule has 0 aliphatic heterocycles. The number of rotatable bonds is 9. The summed E-state index contributed by atoms with van der Waals surface area (Å²) in [7, 11) is 0. The van der Waals surface area contributed by atoms with Crippen LogP contribution in [0.15, 0.2) is 0 Å². The normalized spacial score (nSPS) is 12.0. The summed E-state index contributed by atoms with van der Waals surface area (Å²) >= 11 is 5.48. The smallest absolute Gasteiger partial charge is 0.371 e. The van der Waals surface area contributed by atoms with Gasteiger partial charge in [-0.3, -0.25) is 0 Å². The topological polar surface area (TPSA) is 21.3 Å². The molecule has 0 atom stereocenters. The lowest BCUT2D eigenvalue weighted by molar-refractivity contribution is -0.173. The van der Waals surface area contributed by atoms with Gasteiger partial charge in [-0.15, -0.1) is 11.6 Å². The third kappa shape index (κ3) is 14.0. The van der Waals surface area contributed by atoms with Gasteiger partial charge in [-0.2, -0.15) is 13.2 Å². The maximum absolute atomic E-state index is 11.6. The molecule has 0 aromatic carbocycles. The number of hydrogen-bond donors (Lipinski definition) is 1. The first kappa shape index (κ1) is 15.0. The third-order valence-electron chi connectivity index (χ3n) is 1.68. The molecule has 0 saturated carbocycles. The van der Waals surface area contributed by atoms with Crippen LogP contribution in [0.5, 0.6) is 0 Å². The summed E-state index contributed by atoms with van der Waals surface area (Å²) in [5.74, 6) is 0.661. The summed E-state index contributed by atoms with van der Waals surface area (Å²) in [6.07, 6.45) is -1.21. The van der Waals surface area contributed by atoms with E-state index in [1.165, 1.54) is 0 Å². The van der Waals surface area contributed by atoms with Crippen molar-refractivity contribution in [3.63, 3.8) is 0 Å². The highest BCUT2D eigenvalue weighted by molar-refractivity contribution is 6.17. The van der Waals surface area contributed by atoms with Gasteiger partial charge in [0.25, 0.3) is 0 Å². The van der Waals surface area contributed by atoms with Crippen LogP contribution in [0.4, 0.5) is 13.2 Å². The van der Waals surface area contributed by atoms with Crippen LogP contribution in [0, 0.1) is 0 Å². The molecule has 0 rings (SSSR count). The third-order valence-corrected chi connectivity index (χ3v) is 1.94. The summed E-state index contributed by atoms with van der Waals surface area (Å²) < 4.78 is 39.3. The summed E-state index contributed by atoms with van der Waals surface area (Å²) in [5, 5.41) is 3.00. The molecular weight excluding hydrogens is 231 g/mol. The molecule has 0 spiro atoms. The molecule has 0 amide bonds. The average Bonchev–Trinajstić information content (AvgIpc) is 2.14. The minimum Gasteiger partial charge on any atom is -0.371 e. The fraction of sp³-hybridized carbons (Fsp3) is 1.00. The number of ether oxygens (including phenoxy) is 1. The van der Waals surface area contributed by atoms with Crippen LogP contribution < -0.4 is 5.32 Å². The van der Waals surface area contributed by atoms with Crippen LogP contribution in [-0.4, -0.2) is 38.4 Å². The van der Waals surface area contributed by atoms with E-state index in [-0.39, 0.29) is 6.61 Å². The Hall–Kier alpha value is 0.